The van der Waals surface area contributed by atoms with E-state index in [1.54, 1.807) is 6.08 Å². The summed E-state index contributed by atoms with van der Waals surface area (Å²) < 4.78 is 4.40. The van der Waals surface area contributed by atoms with Crippen molar-refractivity contribution < 1.29 is 14.9 Å². The Hall–Kier alpha value is -0.970. The number of thioether (sulfide) groups is 1. The Morgan fingerprint density at radius 3 is 2.75 bits per heavy atom. The summed E-state index contributed by atoms with van der Waals surface area (Å²) in [5, 5.41) is 5.61. The maximum absolute atomic E-state index is 10.6. The quantitative estimate of drug-likeness (QED) is 0.256. The molecule has 0 aromatic rings. The number of amidine groups is 1. The van der Waals surface area contributed by atoms with Crippen LogP contribution >= 0.6 is 11.8 Å². The van der Waals surface area contributed by atoms with E-state index < -0.39 is 0 Å². The third-order valence-electron chi connectivity index (χ3n) is 1.03. The molecule has 0 heterocycles. The summed E-state index contributed by atoms with van der Waals surface area (Å²) in [7, 11) is 1.33. The van der Waals surface area contributed by atoms with Crippen LogP contribution in [0.5, 0.6) is 0 Å². The van der Waals surface area contributed by atoms with Crippen molar-refractivity contribution in [2.75, 3.05) is 7.11 Å². The lowest BCUT2D eigenvalue weighted by atomic mass is 10.4. The Balaban J connectivity index is 3.82. The molecule has 0 aliphatic heterocycles. The molecule has 0 amide bonds. The highest BCUT2D eigenvalue weighted by Crippen LogP contribution is 2.08. The van der Waals surface area contributed by atoms with Gasteiger partial charge in [-0.15, -0.1) is 0 Å². The van der Waals surface area contributed by atoms with E-state index in [-0.39, 0.29) is 16.4 Å². The van der Waals surface area contributed by atoms with Crippen LogP contribution in [0.15, 0.2) is 12.2 Å². The summed E-state index contributed by atoms with van der Waals surface area (Å²) in [4.78, 5) is 10.6. The van der Waals surface area contributed by atoms with E-state index >= 15 is 0 Å². The van der Waals surface area contributed by atoms with E-state index in [1.807, 2.05) is 6.92 Å². The zero-order valence-electron chi connectivity index (χ0n) is 7.11. The lowest BCUT2D eigenvalue weighted by Crippen LogP contribution is -2.43. The first-order valence-corrected chi connectivity index (χ1v) is 4.25. The normalized spacial score (nSPS) is 12.8. The Kier molecular flexibility index (Phi) is 5.19. The van der Waals surface area contributed by atoms with Gasteiger partial charge in [-0.1, -0.05) is 6.08 Å². The summed E-state index contributed by atoms with van der Waals surface area (Å²) in [5.74, 6) is -0.377. The van der Waals surface area contributed by atoms with Gasteiger partial charge in [0.25, 0.3) is 5.17 Å². The highest BCUT2D eigenvalue weighted by atomic mass is 32.2. The number of carbonyl (C=O) groups is 1. The van der Waals surface area contributed by atoms with Crippen LogP contribution in [0.3, 0.4) is 0 Å². The number of carbonyl (C=O) groups excluding carboxylic acids is 1. The summed E-state index contributed by atoms with van der Waals surface area (Å²) in [6, 6.07) is 0. The average molecular weight is 189 g/mol. The highest BCUT2D eigenvalue weighted by molar-refractivity contribution is 8.14. The molecule has 0 spiro atoms. The molecule has 12 heavy (non-hydrogen) atoms. The topological polar surface area (TPSA) is 77.9 Å². The second-order valence-corrected chi connectivity index (χ2v) is 3.56. The number of esters is 1. The number of ether oxygens (including phenoxy) is 1. The van der Waals surface area contributed by atoms with Crippen molar-refractivity contribution >= 4 is 22.9 Å². The minimum Gasteiger partial charge on any atom is -0.466 e. The first-order chi connectivity index (χ1) is 5.56. The second kappa shape index (κ2) is 5.65. The van der Waals surface area contributed by atoms with Crippen LogP contribution in [-0.4, -0.2) is 23.5 Å². The van der Waals surface area contributed by atoms with Gasteiger partial charge in [0.15, 0.2) is 0 Å². The van der Waals surface area contributed by atoms with Crippen molar-refractivity contribution in [3.05, 3.63) is 12.2 Å². The molecule has 0 bridgehead atoms. The standard InChI is InChI=1S/C7H12N2O2S/c1-5(12-7(8)9)3-4-6(10)11-2/h3-5H,1-2H3,(H3,8,9)/p+1/b4-3+. The van der Waals surface area contributed by atoms with Crippen molar-refractivity contribution in [1.82, 2.24) is 0 Å². The van der Waals surface area contributed by atoms with Crippen LogP contribution in [-0.2, 0) is 9.53 Å². The maximum Gasteiger partial charge on any atom is 0.330 e. The Bertz CT molecular complexity index is 204. The van der Waals surface area contributed by atoms with E-state index in [0.717, 1.165) is 0 Å². The van der Waals surface area contributed by atoms with Crippen molar-refractivity contribution in [1.29, 1.82) is 0 Å². The third-order valence-corrected chi connectivity index (χ3v) is 1.83. The predicted molar refractivity (Wildman–Crippen MR) is 49.3 cm³/mol. The van der Waals surface area contributed by atoms with Crippen molar-refractivity contribution in [2.45, 2.75) is 12.2 Å². The molecule has 68 valence electrons. The number of hydrogen-bond acceptors (Lipinski definition) is 3. The fourth-order valence-electron chi connectivity index (χ4n) is 0.536. The van der Waals surface area contributed by atoms with Crippen LogP contribution in [0.2, 0.25) is 0 Å². The number of nitrogens with two attached hydrogens (primary N) is 2. The van der Waals surface area contributed by atoms with E-state index in [9.17, 15) is 4.79 Å². The fourth-order valence-corrected chi connectivity index (χ4v) is 1.12. The van der Waals surface area contributed by atoms with Gasteiger partial charge in [-0.25, -0.2) is 4.79 Å². The molecular weight excluding hydrogens is 176 g/mol. The van der Waals surface area contributed by atoms with Crippen molar-refractivity contribution in [3.63, 3.8) is 0 Å². The van der Waals surface area contributed by atoms with Crippen LogP contribution in [0.25, 0.3) is 0 Å². The Morgan fingerprint density at radius 2 is 2.33 bits per heavy atom. The molecule has 0 aliphatic rings. The molecular formula is C7H13N2O2S+. The predicted octanol–water partition coefficient (Wildman–Crippen LogP) is -1.09. The molecule has 4 N–H and O–H groups in total. The van der Waals surface area contributed by atoms with Crippen LogP contribution in [0, 0.1) is 0 Å². The SMILES string of the molecule is COC(=O)/C=C/C(C)SC(N)=[NH2+]. The molecule has 0 saturated carbocycles. The molecule has 0 aromatic carbocycles. The first kappa shape index (κ1) is 11.0. The molecule has 0 radical (unpaired) electrons. The third kappa shape index (κ3) is 5.79. The lowest BCUT2D eigenvalue weighted by molar-refractivity contribution is -0.134. The zero-order chi connectivity index (χ0) is 9.56. The molecule has 0 saturated heterocycles. The number of methoxy groups -OCH3 is 1. The summed E-state index contributed by atoms with van der Waals surface area (Å²) in [5.41, 5.74) is 5.24. The molecule has 0 aliphatic carbocycles. The average Bonchev–Trinajstić information content (AvgIpc) is 1.99. The first-order valence-electron chi connectivity index (χ1n) is 3.37. The molecule has 4 nitrogen and oxygen atoms in total. The van der Waals surface area contributed by atoms with Gasteiger partial charge in [-0.2, -0.15) is 0 Å². The van der Waals surface area contributed by atoms with Crippen LogP contribution in [0.1, 0.15) is 6.92 Å². The maximum atomic E-state index is 10.6. The van der Waals surface area contributed by atoms with Gasteiger partial charge in [0, 0.05) is 11.3 Å². The second-order valence-electron chi connectivity index (χ2n) is 2.11. The summed E-state index contributed by atoms with van der Waals surface area (Å²) >= 11 is 1.28. The van der Waals surface area contributed by atoms with Gasteiger partial charge < -0.3 is 4.74 Å². The monoisotopic (exact) mass is 189 g/mol. The number of rotatable bonds is 3. The minimum absolute atomic E-state index is 0.0779. The molecule has 5 heteroatoms. The Morgan fingerprint density at radius 1 is 1.75 bits per heavy atom. The van der Waals surface area contributed by atoms with Crippen molar-refractivity contribution in [2.24, 2.45) is 5.73 Å². The van der Waals surface area contributed by atoms with Gasteiger partial charge in [0.2, 0.25) is 0 Å². The summed E-state index contributed by atoms with van der Waals surface area (Å²) in [6.07, 6.45) is 3.02. The molecule has 0 fully saturated rings. The molecule has 0 aromatic heterocycles. The van der Waals surface area contributed by atoms with Crippen LogP contribution in [0.4, 0.5) is 0 Å². The highest BCUT2D eigenvalue weighted by Gasteiger charge is 2.03. The van der Waals surface area contributed by atoms with E-state index in [0.29, 0.717) is 0 Å². The van der Waals surface area contributed by atoms with Gasteiger partial charge in [-0.3, -0.25) is 11.1 Å². The van der Waals surface area contributed by atoms with E-state index in [1.165, 1.54) is 24.9 Å². The van der Waals surface area contributed by atoms with Gasteiger partial charge in [0.1, 0.15) is 0 Å². The van der Waals surface area contributed by atoms with Gasteiger partial charge >= 0.3 is 5.97 Å². The smallest absolute Gasteiger partial charge is 0.330 e. The van der Waals surface area contributed by atoms with Crippen LogP contribution < -0.4 is 11.1 Å². The fraction of sp³-hybridized carbons (Fsp3) is 0.429. The largest absolute Gasteiger partial charge is 0.466 e. The van der Waals surface area contributed by atoms with E-state index in [4.69, 9.17) is 11.1 Å². The Labute approximate surface area is 75.7 Å². The minimum atomic E-state index is -0.377. The molecule has 1 atom stereocenters. The van der Waals surface area contributed by atoms with E-state index in [2.05, 4.69) is 4.74 Å². The number of hydrogen-bond donors (Lipinski definition) is 2. The lowest BCUT2D eigenvalue weighted by Gasteiger charge is -1.98. The molecule has 1 unspecified atom stereocenters. The van der Waals surface area contributed by atoms with Crippen molar-refractivity contribution in [3.8, 4) is 0 Å². The molecule has 0 rings (SSSR count). The zero-order valence-corrected chi connectivity index (χ0v) is 7.93. The van der Waals surface area contributed by atoms with Gasteiger partial charge in [0.05, 0.1) is 7.11 Å². The summed E-state index contributed by atoms with van der Waals surface area (Å²) in [6.45, 7) is 1.88. The van der Waals surface area contributed by atoms with Gasteiger partial charge in [-0.05, 0) is 18.7 Å².